The predicted octanol–water partition coefficient (Wildman–Crippen LogP) is 9.66. The third-order valence-corrected chi connectivity index (χ3v) is 7.08. The van der Waals surface area contributed by atoms with Gasteiger partial charge in [0.25, 0.3) is 0 Å². The van der Waals surface area contributed by atoms with E-state index < -0.39 is 0 Å². The van der Waals surface area contributed by atoms with Gasteiger partial charge in [-0.25, -0.2) is 0 Å². The van der Waals surface area contributed by atoms with Gasteiger partial charge in [0.05, 0.1) is 5.69 Å². The average molecular weight is 468 g/mol. The monoisotopic (exact) mass is 467 g/mol. The Morgan fingerprint density at radius 2 is 1.14 bits per heavy atom. The average Bonchev–Trinajstić information content (AvgIpc) is 2.90. The van der Waals surface area contributed by atoms with Crippen molar-refractivity contribution in [3.63, 3.8) is 0 Å². The summed E-state index contributed by atoms with van der Waals surface area (Å²) in [5.41, 5.74) is 13.4. The Morgan fingerprint density at radius 1 is 0.528 bits per heavy atom. The first-order valence-electron chi connectivity index (χ1n) is 12.6. The van der Waals surface area contributed by atoms with E-state index in [4.69, 9.17) is 4.98 Å². The van der Waals surface area contributed by atoms with Gasteiger partial charge >= 0.3 is 0 Å². The molecule has 0 aliphatic carbocycles. The standard InChI is InChI=1S/C35H33N/c1-24-13-12-18-31(25(24)2)28-19-29(21-30(20-28)35(3,4)5)34-22-32(26-14-8-6-9-15-26)33(23-36-34)27-16-10-7-11-17-27/h6-23H,1-5H3. The molecule has 0 aliphatic rings. The Morgan fingerprint density at radius 3 is 1.78 bits per heavy atom. The molecule has 0 spiro atoms. The van der Waals surface area contributed by atoms with Crippen molar-refractivity contribution in [2.24, 2.45) is 0 Å². The van der Waals surface area contributed by atoms with Crippen LogP contribution in [0.4, 0.5) is 0 Å². The van der Waals surface area contributed by atoms with Crippen molar-refractivity contribution in [1.29, 1.82) is 0 Å². The number of aryl methyl sites for hydroxylation is 1. The maximum absolute atomic E-state index is 5.01. The Labute approximate surface area is 215 Å². The second-order valence-corrected chi connectivity index (χ2v) is 10.6. The summed E-state index contributed by atoms with van der Waals surface area (Å²) in [4.78, 5) is 5.01. The first-order chi connectivity index (χ1) is 17.3. The summed E-state index contributed by atoms with van der Waals surface area (Å²) in [7, 11) is 0. The SMILES string of the molecule is Cc1cccc(-c2cc(-c3cc(-c4ccccc4)c(-c4ccccc4)cn3)cc(C(C)(C)C)c2)c1C. The Bertz CT molecular complexity index is 1510. The van der Waals surface area contributed by atoms with Crippen LogP contribution in [0, 0.1) is 13.8 Å². The Balaban J connectivity index is 1.73. The molecule has 1 aromatic heterocycles. The van der Waals surface area contributed by atoms with Crippen LogP contribution in [0.15, 0.2) is 109 Å². The van der Waals surface area contributed by atoms with Crippen molar-refractivity contribution in [3.8, 4) is 44.6 Å². The van der Waals surface area contributed by atoms with Gasteiger partial charge in [0.1, 0.15) is 0 Å². The van der Waals surface area contributed by atoms with Gasteiger partial charge in [-0.1, -0.05) is 106 Å². The highest BCUT2D eigenvalue weighted by molar-refractivity contribution is 5.86. The van der Waals surface area contributed by atoms with E-state index in [9.17, 15) is 0 Å². The molecule has 0 saturated heterocycles. The zero-order chi connectivity index (χ0) is 25.3. The lowest BCUT2D eigenvalue weighted by Gasteiger charge is -2.22. The summed E-state index contributed by atoms with van der Waals surface area (Å²) in [6.45, 7) is 11.2. The maximum Gasteiger partial charge on any atom is 0.0708 e. The zero-order valence-electron chi connectivity index (χ0n) is 21.8. The molecule has 36 heavy (non-hydrogen) atoms. The molecule has 5 aromatic rings. The maximum atomic E-state index is 5.01. The van der Waals surface area contributed by atoms with Crippen LogP contribution in [-0.2, 0) is 5.41 Å². The van der Waals surface area contributed by atoms with Gasteiger partial charge in [0.2, 0.25) is 0 Å². The summed E-state index contributed by atoms with van der Waals surface area (Å²) < 4.78 is 0. The van der Waals surface area contributed by atoms with Crippen LogP contribution in [0.1, 0.15) is 37.5 Å². The minimum atomic E-state index is 0.0225. The first-order valence-corrected chi connectivity index (χ1v) is 12.6. The van der Waals surface area contributed by atoms with E-state index in [1.165, 1.54) is 44.5 Å². The van der Waals surface area contributed by atoms with E-state index in [0.29, 0.717) is 0 Å². The quantitative estimate of drug-likeness (QED) is 0.256. The van der Waals surface area contributed by atoms with Gasteiger partial charge in [0, 0.05) is 17.3 Å². The van der Waals surface area contributed by atoms with Crippen LogP contribution in [0.3, 0.4) is 0 Å². The van der Waals surface area contributed by atoms with Crippen molar-refractivity contribution in [2.75, 3.05) is 0 Å². The van der Waals surface area contributed by atoms with Crippen molar-refractivity contribution in [3.05, 3.63) is 126 Å². The predicted molar refractivity (Wildman–Crippen MR) is 154 cm³/mol. The number of hydrogen-bond acceptors (Lipinski definition) is 1. The molecule has 4 aromatic carbocycles. The van der Waals surface area contributed by atoms with Gasteiger partial charge in [0.15, 0.2) is 0 Å². The van der Waals surface area contributed by atoms with E-state index >= 15 is 0 Å². The molecule has 0 amide bonds. The molecule has 5 rings (SSSR count). The summed E-state index contributed by atoms with van der Waals surface area (Å²) in [6.07, 6.45) is 2.04. The number of aromatic nitrogens is 1. The van der Waals surface area contributed by atoms with E-state index in [2.05, 4.69) is 138 Å². The molecule has 0 N–H and O–H groups in total. The topological polar surface area (TPSA) is 12.9 Å². The van der Waals surface area contributed by atoms with Crippen molar-refractivity contribution < 1.29 is 0 Å². The summed E-state index contributed by atoms with van der Waals surface area (Å²) in [5, 5.41) is 0. The fourth-order valence-electron chi connectivity index (χ4n) is 4.75. The molecule has 0 fully saturated rings. The molecule has 0 atom stereocenters. The first kappa shape index (κ1) is 23.8. The minimum absolute atomic E-state index is 0.0225. The van der Waals surface area contributed by atoms with Crippen LogP contribution in [-0.4, -0.2) is 4.98 Å². The highest BCUT2D eigenvalue weighted by atomic mass is 14.7. The normalized spacial score (nSPS) is 11.5. The van der Waals surface area contributed by atoms with Crippen molar-refractivity contribution >= 4 is 0 Å². The third-order valence-electron chi connectivity index (χ3n) is 7.08. The van der Waals surface area contributed by atoms with E-state index in [1.54, 1.807) is 0 Å². The lowest BCUT2D eigenvalue weighted by molar-refractivity contribution is 0.590. The van der Waals surface area contributed by atoms with E-state index in [1.807, 2.05) is 6.20 Å². The molecule has 1 nitrogen and oxygen atoms in total. The zero-order valence-corrected chi connectivity index (χ0v) is 21.8. The summed E-state index contributed by atoms with van der Waals surface area (Å²) in [5.74, 6) is 0. The highest BCUT2D eigenvalue weighted by Gasteiger charge is 2.19. The lowest BCUT2D eigenvalue weighted by atomic mass is 9.83. The highest BCUT2D eigenvalue weighted by Crippen LogP contribution is 2.38. The van der Waals surface area contributed by atoms with Crippen molar-refractivity contribution in [2.45, 2.75) is 40.0 Å². The summed E-state index contributed by atoms with van der Waals surface area (Å²) in [6, 6.07) is 37.0. The molecule has 0 bridgehead atoms. The van der Waals surface area contributed by atoms with E-state index in [0.717, 1.165) is 16.8 Å². The van der Waals surface area contributed by atoms with Crippen LogP contribution in [0.25, 0.3) is 44.6 Å². The number of rotatable bonds is 4. The number of benzene rings is 4. The summed E-state index contributed by atoms with van der Waals surface area (Å²) >= 11 is 0. The van der Waals surface area contributed by atoms with Crippen molar-refractivity contribution in [1.82, 2.24) is 4.98 Å². The smallest absolute Gasteiger partial charge is 0.0708 e. The number of hydrogen-bond donors (Lipinski definition) is 0. The Hall–Kier alpha value is -3.97. The molecular weight excluding hydrogens is 434 g/mol. The van der Waals surface area contributed by atoms with Crippen LogP contribution < -0.4 is 0 Å². The van der Waals surface area contributed by atoms with Crippen LogP contribution in [0.2, 0.25) is 0 Å². The second kappa shape index (κ2) is 9.59. The van der Waals surface area contributed by atoms with Gasteiger partial charge in [-0.2, -0.15) is 0 Å². The number of pyridine rings is 1. The van der Waals surface area contributed by atoms with Gasteiger partial charge in [-0.05, 0) is 82.0 Å². The lowest BCUT2D eigenvalue weighted by Crippen LogP contribution is -2.11. The minimum Gasteiger partial charge on any atom is -0.256 e. The number of nitrogens with zero attached hydrogens (tertiary/aromatic N) is 1. The third kappa shape index (κ3) is 4.75. The Kier molecular flexibility index (Phi) is 6.33. The van der Waals surface area contributed by atoms with Gasteiger partial charge in [-0.3, -0.25) is 4.98 Å². The fourth-order valence-corrected chi connectivity index (χ4v) is 4.75. The second-order valence-electron chi connectivity index (χ2n) is 10.6. The van der Waals surface area contributed by atoms with Crippen LogP contribution >= 0.6 is 0 Å². The molecule has 0 unspecified atom stereocenters. The molecule has 178 valence electrons. The van der Waals surface area contributed by atoms with Crippen LogP contribution in [0.5, 0.6) is 0 Å². The van der Waals surface area contributed by atoms with E-state index in [-0.39, 0.29) is 5.41 Å². The molecule has 0 radical (unpaired) electrons. The molecular formula is C35H33N. The molecule has 0 saturated carbocycles. The molecule has 1 heterocycles. The molecule has 1 heteroatoms. The largest absolute Gasteiger partial charge is 0.256 e. The van der Waals surface area contributed by atoms with Gasteiger partial charge in [-0.15, -0.1) is 0 Å². The fraction of sp³-hybridized carbons (Fsp3) is 0.171. The molecule has 0 aliphatic heterocycles. The van der Waals surface area contributed by atoms with Gasteiger partial charge < -0.3 is 0 Å².